The Bertz CT molecular complexity index is 1020. The molecule has 166 valence electrons. The van der Waals surface area contributed by atoms with Crippen LogP contribution in [0.25, 0.3) is 0 Å². The molecule has 2 aromatic carbocycles. The molecule has 1 fully saturated rings. The molecule has 0 bridgehead atoms. The second-order valence-electron chi connectivity index (χ2n) is 7.64. The number of carbonyl (C=O) groups is 1. The molecule has 0 unspecified atom stereocenters. The van der Waals surface area contributed by atoms with E-state index in [1.807, 2.05) is 0 Å². The summed E-state index contributed by atoms with van der Waals surface area (Å²) in [5.74, 6) is -0.256. The molecule has 0 aliphatic heterocycles. The van der Waals surface area contributed by atoms with E-state index in [0.29, 0.717) is 10.7 Å². The topological polar surface area (TPSA) is 78.5 Å². The van der Waals surface area contributed by atoms with E-state index in [2.05, 4.69) is 10.6 Å². The van der Waals surface area contributed by atoms with Crippen molar-refractivity contribution in [3.8, 4) is 0 Å². The number of nitrogens with zero attached hydrogens (tertiary/aromatic N) is 1. The van der Waals surface area contributed by atoms with E-state index in [1.165, 1.54) is 10.7 Å². The zero-order chi connectivity index (χ0) is 22.4. The Morgan fingerprint density at radius 3 is 2.29 bits per heavy atom. The lowest BCUT2D eigenvalue weighted by atomic mass is 9.96. The number of amides is 1. The highest BCUT2D eigenvalue weighted by atomic mass is 35.5. The molecule has 0 atom stereocenters. The molecular weight excluding hydrogens is 454 g/mol. The Labute approximate surface area is 194 Å². The van der Waals surface area contributed by atoms with Gasteiger partial charge in [-0.3, -0.25) is 4.79 Å². The van der Waals surface area contributed by atoms with E-state index in [0.717, 1.165) is 31.2 Å². The van der Waals surface area contributed by atoms with Gasteiger partial charge in [0.2, 0.25) is 15.9 Å². The number of hydrogen-bond donors (Lipinski definition) is 2. The van der Waals surface area contributed by atoms with Crippen LogP contribution in [0.5, 0.6) is 0 Å². The summed E-state index contributed by atoms with van der Waals surface area (Å²) < 4.78 is 27.3. The summed E-state index contributed by atoms with van der Waals surface area (Å²) in [6.45, 7) is 0. The zero-order valence-corrected chi connectivity index (χ0v) is 19.7. The Kier molecular flexibility index (Phi) is 8.05. The van der Waals surface area contributed by atoms with E-state index >= 15 is 0 Å². The molecule has 0 aromatic heterocycles. The van der Waals surface area contributed by atoms with Gasteiger partial charge >= 0.3 is 0 Å². The Balaban J connectivity index is 1.56. The minimum Gasteiger partial charge on any atom is -0.332 e. The molecule has 1 amide bonds. The fourth-order valence-electron chi connectivity index (χ4n) is 3.64. The number of carbonyl (C=O) groups excluding carboxylic acids is 1. The number of benzene rings is 2. The van der Waals surface area contributed by atoms with Crippen LogP contribution in [0.1, 0.15) is 37.7 Å². The van der Waals surface area contributed by atoms with Crippen molar-refractivity contribution in [3.05, 3.63) is 59.1 Å². The van der Waals surface area contributed by atoms with Gasteiger partial charge in [-0.05, 0) is 67.0 Å². The zero-order valence-electron chi connectivity index (χ0n) is 17.3. The Hall–Kier alpha value is -2.00. The van der Waals surface area contributed by atoms with E-state index < -0.39 is 10.0 Å². The molecule has 1 aliphatic rings. The lowest BCUT2D eigenvalue weighted by molar-refractivity contribution is -0.119. The summed E-state index contributed by atoms with van der Waals surface area (Å²) in [7, 11) is -1.89. The summed E-state index contributed by atoms with van der Waals surface area (Å²) in [5, 5.41) is 6.28. The van der Waals surface area contributed by atoms with Gasteiger partial charge in [-0.25, -0.2) is 8.42 Å². The number of nitrogens with one attached hydrogen (secondary N) is 2. The highest BCUT2D eigenvalue weighted by molar-refractivity contribution is 7.89. The molecule has 9 heteroatoms. The minimum atomic E-state index is -3.55. The number of sulfonamides is 1. The lowest BCUT2D eigenvalue weighted by Crippen LogP contribution is -2.38. The first-order valence-corrected chi connectivity index (χ1v) is 12.4. The monoisotopic (exact) mass is 479 g/mol. The summed E-state index contributed by atoms with van der Waals surface area (Å²) in [6, 6.07) is 13.4. The van der Waals surface area contributed by atoms with Crippen LogP contribution in [0.3, 0.4) is 0 Å². The Morgan fingerprint density at radius 1 is 1.06 bits per heavy atom. The predicted octanol–water partition coefficient (Wildman–Crippen LogP) is 4.35. The molecular formula is C22H26ClN3O3S2. The molecule has 1 saturated carbocycles. The minimum absolute atomic E-state index is 0.0555. The third-order valence-electron chi connectivity index (χ3n) is 5.41. The maximum absolute atomic E-state index is 12.9. The predicted molar refractivity (Wildman–Crippen MR) is 128 cm³/mol. The number of thiocarbonyl (C=S) groups is 1. The van der Waals surface area contributed by atoms with E-state index in [-0.39, 0.29) is 28.4 Å². The summed E-state index contributed by atoms with van der Waals surface area (Å²) in [6.07, 6.45) is 5.27. The van der Waals surface area contributed by atoms with Gasteiger partial charge in [0.1, 0.15) is 0 Å². The van der Waals surface area contributed by atoms with Crippen LogP contribution in [0.4, 0.5) is 5.69 Å². The largest absolute Gasteiger partial charge is 0.332 e. The van der Waals surface area contributed by atoms with E-state index in [9.17, 15) is 13.2 Å². The molecule has 0 radical (unpaired) electrons. The van der Waals surface area contributed by atoms with E-state index in [4.69, 9.17) is 23.8 Å². The number of anilines is 1. The van der Waals surface area contributed by atoms with Gasteiger partial charge in [0.15, 0.2) is 5.11 Å². The summed E-state index contributed by atoms with van der Waals surface area (Å²) in [5.41, 5.74) is 1.41. The van der Waals surface area contributed by atoms with Crippen LogP contribution in [0.2, 0.25) is 5.02 Å². The summed E-state index contributed by atoms with van der Waals surface area (Å²) >= 11 is 11.0. The molecule has 1 aliphatic carbocycles. The van der Waals surface area contributed by atoms with Gasteiger partial charge in [-0.15, -0.1) is 0 Å². The van der Waals surface area contributed by atoms with Gasteiger partial charge < -0.3 is 10.6 Å². The van der Waals surface area contributed by atoms with Crippen molar-refractivity contribution < 1.29 is 13.2 Å². The molecule has 0 heterocycles. The summed E-state index contributed by atoms with van der Waals surface area (Å²) in [4.78, 5) is 12.4. The van der Waals surface area contributed by atoms with Gasteiger partial charge in [0.25, 0.3) is 0 Å². The van der Waals surface area contributed by atoms with Crippen LogP contribution in [0.15, 0.2) is 53.4 Å². The van der Waals surface area contributed by atoms with Crippen molar-refractivity contribution in [2.75, 3.05) is 12.4 Å². The maximum Gasteiger partial charge on any atom is 0.243 e. The van der Waals surface area contributed by atoms with Crippen molar-refractivity contribution in [3.63, 3.8) is 0 Å². The van der Waals surface area contributed by atoms with Gasteiger partial charge in [0.05, 0.1) is 11.3 Å². The smallest absolute Gasteiger partial charge is 0.243 e. The molecule has 2 N–H and O–H groups in total. The van der Waals surface area contributed by atoms with Crippen LogP contribution >= 0.6 is 23.8 Å². The van der Waals surface area contributed by atoms with Crippen molar-refractivity contribution in [2.45, 2.75) is 49.5 Å². The molecule has 6 nitrogen and oxygen atoms in total. The van der Waals surface area contributed by atoms with Gasteiger partial charge in [-0.2, -0.15) is 4.31 Å². The van der Waals surface area contributed by atoms with Crippen molar-refractivity contribution in [1.29, 1.82) is 0 Å². The van der Waals surface area contributed by atoms with Crippen molar-refractivity contribution >= 4 is 50.5 Å². The van der Waals surface area contributed by atoms with Crippen molar-refractivity contribution in [1.82, 2.24) is 9.62 Å². The van der Waals surface area contributed by atoms with Crippen LogP contribution in [-0.2, 0) is 21.2 Å². The third-order valence-corrected chi connectivity index (χ3v) is 7.79. The Morgan fingerprint density at radius 2 is 1.68 bits per heavy atom. The number of rotatable bonds is 6. The van der Waals surface area contributed by atoms with E-state index in [1.54, 1.807) is 55.6 Å². The molecule has 0 saturated heterocycles. The fraction of sp³-hybridized carbons (Fsp3) is 0.364. The second-order valence-corrected chi connectivity index (χ2v) is 10.5. The number of hydrogen-bond acceptors (Lipinski definition) is 4. The maximum atomic E-state index is 12.9. The molecule has 3 rings (SSSR count). The first-order valence-electron chi connectivity index (χ1n) is 10.2. The number of halogens is 1. The molecule has 0 spiro atoms. The highest BCUT2D eigenvalue weighted by Crippen LogP contribution is 2.27. The van der Waals surface area contributed by atoms with Gasteiger partial charge in [0, 0.05) is 23.8 Å². The average molecular weight is 480 g/mol. The normalized spacial score (nSPS) is 14.9. The quantitative estimate of drug-likeness (QED) is 0.602. The van der Waals surface area contributed by atoms with Crippen LogP contribution in [0, 0.1) is 0 Å². The second kappa shape index (κ2) is 10.5. The van der Waals surface area contributed by atoms with Crippen molar-refractivity contribution in [2.24, 2.45) is 0 Å². The first kappa shape index (κ1) is 23.7. The third kappa shape index (κ3) is 6.49. The fourth-order valence-corrected chi connectivity index (χ4v) is 5.41. The van der Waals surface area contributed by atoms with Gasteiger partial charge in [-0.1, -0.05) is 43.0 Å². The molecule has 31 heavy (non-hydrogen) atoms. The standard InChI is InChI=1S/C22H26ClN3O3S2/c1-26(19-5-3-2-4-6-19)31(28,29)20-13-11-18(12-14-20)24-22(30)25-21(27)15-16-7-9-17(23)10-8-16/h7-14,19H,2-6,15H2,1H3,(H2,24,25,27,30). The van der Waals surface area contributed by atoms with Crippen LogP contribution in [-0.4, -0.2) is 36.8 Å². The average Bonchev–Trinajstić information content (AvgIpc) is 2.75. The molecule has 2 aromatic rings. The first-order chi connectivity index (χ1) is 14.8. The lowest BCUT2D eigenvalue weighted by Gasteiger charge is -2.30. The SMILES string of the molecule is CN(C1CCCCC1)S(=O)(=O)c1ccc(NC(=S)NC(=O)Cc2ccc(Cl)cc2)cc1. The highest BCUT2D eigenvalue weighted by Gasteiger charge is 2.28. The van der Waals surface area contributed by atoms with Crippen LogP contribution < -0.4 is 10.6 Å².